The maximum atomic E-state index is 3.38. The van der Waals surface area contributed by atoms with E-state index in [2.05, 4.69) is 22.0 Å². The van der Waals surface area contributed by atoms with E-state index in [0.29, 0.717) is 0 Å². The second-order valence-electron chi connectivity index (χ2n) is 6.97. The third-order valence-corrected chi connectivity index (χ3v) is 5.70. The van der Waals surface area contributed by atoms with Crippen LogP contribution in [0, 0.1) is 17.8 Å². The molecule has 0 aromatic carbocycles. The third-order valence-electron chi connectivity index (χ3n) is 5.70. The topological polar surface area (TPSA) is 18.5 Å². The average Bonchev–Trinajstić information content (AvgIpc) is 2.63. The average molecular weight is 235 g/mol. The third kappa shape index (κ3) is 1.74. The summed E-state index contributed by atoms with van der Waals surface area (Å²) in [6, 6.07) is 1.77. The van der Waals surface area contributed by atoms with Gasteiger partial charge in [0.1, 0.15) is 0 Å². The molecule has 0 bridgehead atoms. The van der Waals surface area contributed by atoms with Gasteiger partial charge in [-0.25, -0.2) is 0 Å². The molecule has 0 amide bonds. The molecule has 2 unspecified atom stereocenters. The Balaban J connectivity index is 1.28. The van der Waals surface area contributed by atoms with Crippen LogP contribution in [-0.4, -0.2) is 61.2 Å². The fourth-order valence-electron chi connectivity index (χ4n) is 4.49. The summed E-state index contributed by atoms with van der Waals surface area (Å²) in [5, 5.41) is 3.38. The lowest BCUT2D eigenvalue weighted by molar-refractivity contribution is -0.00438. The number of likely N-dealkylation sites (tertiary alicyclic amines) is 2. The van der Waals surface area contributed by atoms with Gasteiger partial charge < -0.3 is 5.32 Å². The molecule has 0 radical (unpaired) electrons. The van der Waals surface area contributed by atoms with E-state index in [0.717, 1.165) is 29.8 Å². The van der Waals surface area contributed by atoms with Crippen molar-refractivity contribution in [3.63, 3.8) is 0 Å². The highest BCUT2D eigenvalue weighted by Crippen LogP contribution is 2.42. The number of rotatable bonds is 2. The van der Waals surface area contributed by atoms with Crippen molar-refractivity contribution in [2.45, 2.75) is 31.8 Å². The van der Waals surface area contributed by atoms with Crippen LogP contribution in [0.25, 0.3) is 0 Å². The van der Waals surface area contributed by atoms with Gasteiger partial charge in [0.2, 0.25) is 0 Å². The molecule has 2 atom stereocenters. The zero-order valence-corrected chi connectivity index (χ0v) is 10.9. The van der Waals surface area contributed by atoms with E-state index < -0.39 is 0 Å². The minimum atomic E-state index is 0.869. The first-order chi connectivity index (χ1) is 8.29. The Bertz CT molecular complexity index is 282. The van der Waals surface area contributed by atoms with Crippen molar-refractivity contribution in [2.24, 2.45) is 17.8 Å². The minimum Gasteiger partial charge on any atom is -0.314 e. The second kappa shape index (κ2) is 3.94. The van der Waals surface area contributed by atoms with Gasteiger partial charge in [-0.1, -0.05) is 6.92 Å². The first kappa shape index (κ1) is 10.8. The normalized spacial score (nSPS) is 44.6. The monoisotopic (exact) mass is 235 g/mol. The lowest BCUT2D eigenvalue weighted by Gasteiger charge is -2.51. The van der Waals surface area contributed by atoms with Gasteiger partial charge in [0.15, 0.2) is 0 Å². The number of fused-ring (bicyclic) bond motifs is 1. The lowest BCUT2D eigenvalue weighted by atomic mass is 10.00. The van der Waals surface area contributed by atoms with Gasteiger partial charge in [-0.05, 0) is 30.6 Å². The van der Waals surface area contributed by atoms with E-state index in [1.807, 2.05) is 0 Å². The van der Waals surface area contributed by atoms with E-state index in [-0.39, 0.29) is 0 Å². The molecule has 3 heteroatoms. The molecule has 3 nitrogen and oxygen atoms in total. The molecule has 1 saturated carbocycles. The molecular weight excluding hydrogens is 210 g/mol. The van der Waals surface area contributed by atoms with Gasteiger partial charge >= 0.3 is 0 Å². The Morgan fingerprint density at radius 1 is 0.824 bits per heavy atom. The molecule has 0 aromatic heterocycles. The van der Waals surface area contributed by atoms with Crippen molar-refractivity contribution in [1.29, 1.82) is 0 Å². The van der Waals surface area contributed by atoms with Crippen LogP contribution in [-0.2, 0) is 0 Å². The van der Waals surface area contributed by atoms with Crippen LogP contribution >= 0.6 is 0 Å². The summed E-state index contributed by atoms with van der Waals surface area (Å²) in [5.41, 5.74) is 0. The smallest absolute Gasteiger partial charge is 0.0350 e. The maximum Gasteiger partial charge on any atom is 0.0350 e. The SMILES string of the molecule is CC1CC2CN(C3CN(C4CNC4)C3)CC2C1. The van der Waals surface area contributed by atoms with E-state index in [1.54, 1.807) is 0 Å². The summed E-state index contributed by atoms with van der Waals surface area (Å²) in [4.78, 5) is 5.49. The molecule has 0 aromatic rings. The van der Waals surface area contributed by atoms with Crippen LogP contribution < -0.4 is 5.32 Å². The Labute approximate surface area is 105 Å². The van der Waals surface area contributed by atoms with Crippen LogP contribution in [0.4, 0.5) is 0 Å². The van der Waals surface area contributed by atoms with E-state index >= 15 is 0 Å². The summed E-state index contributed by atoms with van der Waals surface area (Å²) in [6.45, 7) is 10.4. The number of nitrogens with zero attached hydrogens (tertiary/aromatic N) is 2. The molecule has 4 rings (SSSR count). The van der Waals surface area contributed by atoms with Crippen molar-refractivity contribution < 1.29 is 0 Å². The summed E-state index contributed by atoms with van der Waals surface area (Å²) in [5.74, 6) is 3.10. The van der Waals surface area contributed by atoms with E-state index in [4.69, 9.17) is 0 Å². The van der Waals surface area contributed by atoms with E-state index in [9.17, 15) is 0 Å². The standard InChI is InChI=1S/C14H25N3/c1-10-2-11-6-16(7-12(11)3-10)14-8-17(9-14)13-4-15-5-13/h10-15H,2-9H2,1H3. The number of hydrogen-bond donors (Lipinski definition) is 1. The van der Waals surface area contributed by atoms with Gasteiger partial charge in [-0.2, -0.15) is 0 Å². The van der Waals surface area contributed by atoms with Crippen molar-refractivity contribution in [1.82, 2.24) is 15.1 Å². The first-order valence-electron chi connectivity index (χ1n) is 7.48. The second-order valence-corrected chi connectivity index (χ2v) is 6.97. The Kier molecular flexibility index (Phi) is 2.50. The summed E-state index contributed by atoms with van der Waals surface area (Å²) in [7, 11) is 0. The molecule has 3 saturated heterocycles. The summed E-state index contributed by atoms with van der Waals surface area (Å²) >= 11 is 0. The van der Waals surface area contributed by atoms with Gasteiger partial charge in [0.05, 0.1) is 0 Å². The van der Waals surface area contributed by atoms with Crippen molar-refractivity contribution in [2.75, 3.05) is 39.3 Å². The molecule has 96 valence electrons. The van der Waals surface area contributed by atoms with Crippen molar-refractivity contribution in [3.8, 4) is 0 Å². The molecule has 3 aliphatic heterocycles. The summed E-state index contributed by atoms with van der Waals surface area (Å²) in [6.07, 6.45) is 3.01. The zero-order valence-electron chi connectivity index (χ0n) is 10.9. The maximum absolute atomic E-state index is 3.38. The molecule has 1 N–H and O–H groups in total. The zero-order chi connectivity index (χ0) is 11.4. The highest BCUT2D eigenvalue weighted by molar-refractivity contribution is 5.00. The molecule has 3 heterocycles. The van der Waals surface area contributed by atoms with Gasteiger partial charge in [0, 0.05) is 51.4 Å². The Morgan fingerprint density at radius 2 is 1.41 bits per heavy atom. The minimum absolute atomic E-state index is 0.869. The highest BCUT2D eigenvalue weighted by atomic mass is 15.4. The molecule has 17 heavy (non-hydrogen) atoms. The molecule has 0 spiro atoms. The summed E-state index contributed by atoms with van der Waals surface area (Å²) < 4.78 is 0. The van der Waals surface area contributed by atoms with Gasteiger partial charge in [-0.3, -0.25) is 9.80 Å². The van der Waals surface area contributed by atoms with Crippen molar-refractivity contribution >= 4 is 0 Å². The molecule has 4 aliphatic rings. The van der Waals surface area contributed by atoms with Gasteiger partial charge in [0.25, 0.3) is 0 Å². The predicted octanol–water partition coefficient (Wildman–Crippen LogP) is 0.620. The highest BCUT2D eigenvalue weighted by Gasteiger charge is 2.45. The fraction of sp³-hybridized carbons (Fsp3) is 1.00. The molecular formula is C14H25N3. The van der Waals surface area contributed by atoms with E-state index in [1.165, 1.54) is 52.1 Å². The lowest BCUT2D eigenvalue weighted by Crippen LogP contribution is -2.68. The number of hydrogen-bond acceptors (Lipinski definition) is 3. The predicted molar refractivity (Wildman–Crippen MR) is 69.0 cm³/mol. The quantitative estimate of drug-likeness (QED) is 0.757. The number of nitrogens with one attached hydrogen (secondary N) is 1. The molecule has 4 fully saturated rings. The fourth-order valence-corrected chi connectivity index (χ4v) is 4.49. The Morgan fingerprint density at radius 3 is 1.94 bits per heavy atom. The van der Waals surface area contributed by atoms with Crippen LogP contribution in [0.5, 0.6) is 0 Å². The first-order valence-corrected chi connectivity index (χ1v) is 7.48. The van der Waals surface area contributed by atoms with Crippen LogP contribution in [0.2, 0.25) is 0 Å². The Hall–Kier alpha value is -0.120. The molecule has 1 aliphatic carbocycles. The van der Waals surface area contributed by atoms with Gasteiger partial charge in [-0.15, -0.1) is 0 Å². The van der Waals surface area contributed by atoms with Crippen LogP contribution in [0.3, 0.4) is 0 Å². The van der Waals surface area contributed by atoms with Crippen LogP contribution in [0.15, 0.2) is 0 Å². The van der Waals surface area contributed by atoms with Crippen LogP contribution in [0.1, 0.15) is 19.8 Å². The van der Waals surface area contributed by atoms with Crippen molar-refractivity contribution in [3.05, 3.63) is 0 Å². The largest absolute Gasteiger partial charge is 0.314 e.